The summed E-state index contributed by atoms with van der Waals surface area (Å²) in [5.41, 5.74) is 0. The summed E-state index contributed by atoms with van der Waals surface area (Å²) in [5.74, 6) is -0.457. The molecule has 2 N–H and O–H groups in total. The fourth-order valence-electron chi connectivity index (χ4n) is 1.78. The highest BCUT2D eigenvalue weighted by atomic mass is 32.2. The number of rotatable bonds is 8. The smallest absolute Gasteiger partial charge is 0.316 e. The average Bonchev–Trinajstić information content (AvgIpc) is 2.57. The van der Waals surface area contributed by atoms with Gasteiger partial charge in [0.15, 0.2) is 0 Å². The van der Waals surface area contributed by atoms with Crippen LogP contribution < -0.4 is 9.88 Å². The maximum Gasteiger partial charge on any atom is 0.316 e. The number of thioether (sulfide) groups is 1. The first kappa shape index (κ1) is 19.2. The molecule has 0 aliphatic carbocycles. The average molecular weight is 385 g/mol. The van der Waals surface area contributed by atoms with E-state index in [-0.39, 0.29) is 29.7 Å². The Hall–Kier alpha value is -2.10. The molecule has 0 unspecified atom stereocenters. The number of nitrogens with two attached hydrogens (primary N) is 1. The first-order valence-corrected chi connectivity index (χ1v) is 9.68. The maximum absolute atomic E-state index is 13.4. The number of hydrogen-bond donors (Lipinski definition) is 1. The molecule has 134 valence electrons. The van der Waals surface area contributed by atoms with Crippen LogP contribution in [0.15, 0.2) is 58.3 Å². The molecule has 0 saturated carbocycles. The van der Waals surface area contributed by atoms with Crippen molar-refractivity contribution in [3.63, 3.8) is 0 Å². The standard InChI is InChI=1S/C16H16FNO5S2/c17-14-3-1-2-4-15(14)24-11-16(19)23-10-9-22-12-5-7-13(8-6-12)25(18,20)21/h1-8H,9-11H2,(H2,18,20,21). The Morgan fingerprint density at radius 1 is 1.08 bits per heavy atom. The Morgan fingerprint density at radius 2 is 1.76 bits per heavy atom. The lowest BCUT2D eigenvalue weighted by Crippen LogP contribution is -2.14. The number of carbonyl (C=O) groups is 1. The number of hydrogen-bond acceptors (Lipinski definition) is 6. The van der Waals surface area contributed by atoms with Crippen molar-refractivity contribution < 1.29 is 27.1 Å². The van der Waals surface area contributed by atoms with E-state index in [0.717, 1.165) is 11.8 Å². The second kappa shape index (κ2) is 8.84. The third-order valence-electron chi connectivity index (χ3n) is 2.95. The van der Waals surface area contributed by atoms with E-state index in [2.05, 4.69) is 0 Å². The van der Waals surface area contributed by atoms with Gasteiger partial charge in [0.05, 0.1) is 10.6 Å². The van der Waals surface area contributed by atoms with Gasteiger partial charge in [0.25, 0.3) is 0 Å². The highest BCUT2D eigenvalue weighted by Gasteiger charge is 2.08. The van der Waals surface area contributed by atoms with Crippen molar-refractivity contribution in [2.24, 2.45) is 5.14 Å². The van der Waals surface area contributed by atoms with Gasteiger partial charge in [0.1, 0.15) is 24.8 Å². The minimum Gasteiger partial charge on any atom is -0.490 e. The van der Waals surface area contributed by atoms with E-state index in [9.17, 15) is 17.6 Å². The molecule has 0 fully saturated rings. The molecule has 2 aromatic carbocycles. The number of ether oxygens (including phenoxy) is 2. The second-order valence-electron chi connectivity index (χ2n) is 4.80. The molecule has 0 atom stereocenters. The molecule has 0 radical (unpaired) electrons. The van der Waals surface area contributed by atoms with Crippen molar-refractivity contribution in [3.8, 4) is 5.75 Å². The van der Waals surface area contributed by atoms with Gasteiger partial charge < -0.3 is 9.47 Å². The summed E-state index contributed by atoms with van der Waals surface area (Å²) in [4.78, 5) is 12.0. The lowest BCUT2D eigenvalue weighted by atomic mass is 10.3. The van der Waals surface area contributed by atoms with E-state index in [0.29, 0.717) is 10.6 Å². The number of primary sulfonamides is 1. The van der Waals surface area contributed by atoms with Crippen molar-refractivity contribution in [1.29, 1.82) is 0 Å². The third-order valence-corrected chi connectivity index (χ3v) is 4.90. The van der Waals surface area contributed by atoms with Gasteiger partial charge in [-0.3, -0.25) is 4.79 Å². The van der Waals surface area contributed by atoms with Crippen molar-refractivity contribution in [2.45, 2.75) is 9.79 Å². The van der Waals surface area contributed by atoms with Crippen LogP contribution in [0.1, 0.15) is 0 Å². The molecule has 6 nitrogen and oxygen atoms in total. The quantitative estimate of drug-likeness (QED) is 0.425. The third kappa shape index (κ3) is 6.37. The van der Waals surface area contributed by atoms with E-state index in [4.69, 9.17) is 14.6 Å². The van der Waals surface area contributed by atoms with Crippen LogP contribution in [0, 0.1) is 5.82 Å². The van der Waals surface area contributed by atoms with E-state index < -0.39 is 16.0 Å². The Balaban J connectivity index is 1.69. The highest BCUT2D eigenvalue weighted by Crippen LogP contribution is 2.21. The minimum absolute atomic E-state index is 0.00993. The Kier molecular flexibility index (Phi) is 6.80. The summed E-state index contributed by atoms with van der Waals surface area (Å²) < 4.78 is 45.9. The van der Waals surface area contributed by atoms with Gasteiger partial charge in [0.2, 0.25) is 10.0 Å². The summed E-state index contributed by atoms with van der Waals surface area (Å²) in [7, 11) is -3.74. The van der Waals surface area contributed by atoms with E-state index in [1.54, 1.807) is 18.2 Å². The first-order valence-electron chi connectivity index (χ1n) is 7.15. The molecule has 0 bridgehead atoms. The maximum atomic E-state index is 13.4. The number of halogens is 1. The normalized spacial score (nSPS) is 11.1. The monoisotopic (exact) mass is 385 g/mol. The van der Waals surface area contributed by atoms with Crippen molar-refractivity contribution in [3.05, 3.63) is 54.3 Å². The molecule has 2 aromatic rings. The van der Waals surface area contributed by atoms with Crippen molar-refractivity contribution in [1.82, 2.24) is 0 Å². The fourth-order valence-corrected chi connectivity index (χ4v) is 3.03. The van der Waals surface area contributed by atoms with Crippen LogP contribution in [0.4, 0.5) is 4.39 Å². The van der Waals surface area contributed by atoms with Gasteiger partial charge in [-0.1, -0.05) is 12.1 Å². The second-order valence-corrected chi connectivity index (χ2v) is 7.38. The van der Waals surface area contributed by atoms with Gasteiger partial charge in [-0.25, -0.2) is 17.9 Å². The fraction of sp³-hybridized carbons (Fsp3) is 0.188. The van der Waals surface area contributed by atoms with Gasteiger partial charge >= 0.3 is 5.97 Å². The van der Waals surface area contributed by atoms with Crippen molar-refractivity contribution in [2.75, 3.05) is 19.0 Å². The largest absolute Gasteiger partial charge is 0.490 e. The number of carbonyl (C=O) groups excluding carboxylic acids is 1. The van der Waals surface area contributed by atoms with Crippen LogP contribution in [-0.2, 0) is 19.6 Å². The SMILES string of the molecule is NS(=O)(=O)c1ccc(OCCOC(=O)CSc2ccccc2F)cc1. The predicted molar refractivity (Wildman–Crippen MR) is 91.4 cm³/mol. The first-order chi connectivity index (χ1) is 11.9. The molecule has 9 heteroatoms. The summed E-state index contributed by atoms with van der Waals surface area (Å²) in [5, 5.41) is 4.99. The zero-order valence-corrected chi connectivity index (χ0v) is 14.7. The highest BCUT2D eigenvalue weighted by molar-refractivity contribution is 8.00. The van der Waals surface area contributed by atoms with E-state index in [1.807, 2.05) is 0 Å². The Labute approximate surface area is 149 Å². The lowest BCUT2D eigenvalue weighted by molar-refractivity contribution is -0.141. The van der Waals surface area contributed by atoms with Gasteiger partial charge in [-0.05, 0) is 36.4 Å². The van der Waals surface area contributed by atoms with Crippen LogP contribution >= 0.6 is 11.8 Å². The van der Waals surface area contributed by atoms with Crippen LogP contribution in [-0.4, -0.2) is 33.4 Å². The molecule has 0 aliphatic heterocycles. The topological polar surface area (TPSA) is 95.7 Å². The molecule has 0 aromatic heterocycles. The molecule has 25 heavy (non-hydrogen) atoms. The number of benzene rings is 2. The molecular formula is C16H16FNO5S2. The van der Waals surface area contributed by atoms with Gasteiger partial charge in [0, 0.05) is 4.90 Å². The lowest BCUT2D eigenvalue weighted by Gasteiger charge is -2.08. The predicted octanol–water partition coefficient (Wildman–Crippen LogP) is 2.19. The zero-order chi connectivity index (χ0) is 18.3. The zero-order valence-electron chi connectivity index (χ0n) is 13.1. The molecule has 0 aliphatic rings. The summed E-state index contributed by atoms with van der Waals surface area (Å²) in [6.07, 6.45) is 0. The van der Waals surface area contributed by atoms with Crippen LogP contribution in [0.25, 0.3) is 0 Å². The van der Waals surface area contributed by atoms with Gasteiger partial charge in [-0.15, -0.1) is 11.8 Å². The van der Waals surface area contributed by atoms with E-state index >= 15 is 0 Å². The number of esters is 1. The van der Waals surface area contributed by atoms with Crippen LogP contribution in [0.3, 0.4) is 0 Å². The molecule has 0 amide bonds. The molecule has 0 saturated heterocycles. The molecule has 0 heterocycles. The Morgan fingerprint density at radius 3 is 2.40 bits per heavy atom. The van der Waals surface area contributed by atoms with Crippen LogP contribution in [0.2, 0.25) is 0 Å². The Bertz CT molecular complexity index is 825. The van der Waals surface area contributed by atoms with E-state index in [1.165, 1.54) is 30.3 Å². The van der Waals surface area contributed by atoms with Gasteiger partial charge in [-0.2, -0.15) is 0 Å². The van der Waals surface area contributed by atoms with Crippen LogP contribution in [0.5, 0.6) is 5.75 Å². The number of sulfonamides is 1. The molecule has 2 rings (SSSR count). The molecular weight excluding hydrogens is 369 g/mol. The van der Waals surface area contributed by atoms with Crippen molar-refractivity contribution >= 4 is 27.8 Å². The summed E-state index contributed by atoms with van der Waals surface area (Å²) in [6, 6.07) is 11.7. The summed E-state index contributed by atoms with van der Waals surface area (Å²) >= 11 is 1.05. The summed E-state index contributed by atoms with van der Waals surface area (Å²) in [6.45, 7) is 0.123. The molecule has 0 spiro atoms. The minimum atomic E-state index is -3.74.